The summed E-state index contributed by atoms with van der Waals surface area (Å²) < 4.78 is 2.21. The Bertz CT molecular complexity index is 493. The molecule has 23 heavy (non-hydrogen) atoms. The van der Waals surface area contributed by atoms with Crippen LogP contribution in [0.1, 0.15) is 39.4 Å². The molecule has 6 heteroatoms. The van der Waals surface area contributed by atoms with Crippen LogP contribution >= 0.6 is 0 Å². The maximum Gasteiger partial charge on any atom is 0.191 e. The smallest absolute Gasteiger partial charge is 0.191 e. The third-order valence-electron chi connectivity index (χ3n) is 4.41. The Balaban J connectivity index is 1.80. The third-order valence-corrected chi connectivity index (χ3v) is 4.41. The largest absolute Gasteiger partial charge is 0.355 e. The molecule has 1 aromatic rings. The quantitative estimate of drug-likeness (QED) is 0.593. The van der Waals surface area contributed by atoms with E-state index in [4.69, 9.17) is 0 Å². The molecule has 1 aromatic heterocycles. The fraction of sp³-hybridized carbons (Fsp3) is 0.765. The Morgan fingerprint density at radius 1 is 1.43 bits per heavy atom. The average Bonchev–Trinajstić information content (AvgIpc) is 3.16. The Labute approximate surface area is 140 Å². The number of likely N-dealkylation sites (tertiary alicyclic amines) is 1. The molecule has 0 aromatic carbocycles. The number of nitrogens with one attached hydrogen (secondary N) is 2. The zero-order valence-electron chi connectivity index (χ0n) is 15.0. The third kappa shape index (κ3) is 5.23. The number of rotatable bonds is 7. The highest BCUT2D eigenvalue weighted by Crippen LogP contribution is 2.15. The minimum absolute atomic E-state index is 0.614. The number of guanidine groups is 1. The van der Waals surface area contributed by atoms with E-state index in [1.807, 2.05) is 19.4 Å². The van der Waals surface area contributed by atoms with E-state index in [1.54, 1.807) is 0 Å². The van der Waals surface area contributed by atoms with Crippen LogP contribution in [0.25, 0.3) is 0 Å². The fourth-order valence-electron chi connectivity index (χ4n) is 3.21. The van der Waals surface area contributed by atoms with Crippen molar-refractivity contribution in [1.29, 1.82) is 0 Å². The van der Waals surface area contributed by atoms with Crippen LogP contribution in [0, 0.1) is 5.92 Å². The van der Waals surface area contributed by atoms with Crippen molar-refractivity contribution in [2.24, 2.45) is 10.9 Å². The second-order valence-electron chi connectivity index (χ2n) is 6.62. The molecule has 0 saturated carbocycles. The molecule has 1 unspecified atom stereocenters. The molecule has 0 bridgehead atoms. The molecule has 2 heterocycles. The van der Waals surface area contributed by atoms with Crippen LogP contribution in [0.3, 0.4) is 0 Å². The molecule has 1 fully saturated rings. The molecule has 0 radical (unpaired) electrons. The summed E-state index contributed by atoms with van der Waals surface area (Å²) in [5, 5.41) is 6.84. The first-order valence-electron chi connectivity index (χ1n) is 8.82. The molecule has 0 spiro atoms. The van der Waals surface area contributed by atoms with Gasteiger partial charge in [-0.1, -0.05) is 20.8 Å². The Morgan fingerprint density at radius 3 is 2.96 bits per heavy atom. The minimum atomic E-state index is 0.614. The molecule has 130 valence electrons. The van der Waals surface area contributed by atoms with Crippen LogP contribution in [0.4, 0.5) is 0 Å². The SMILES string of the molecule is CCN1CCCC1CNC(=NC)NCc1nccn1CC(C)C. The molecule has 1 saturated heterocycles. The fourth-order valence-corrected chi connectivity index (χ4v) is 3.21. The Morgan fingerprint density at radius 2 is 2.26 bits per heavy atom. The van der Waals surface area contributed by atoms with E-state index in [0.29, 0.717) is 18.5 Å². The number of aliphatic imine (C=N–C) groups is 1. The summed E-state index contributed by atoms with van der Waals surface area (Å²) >= 11 is 0. The van der Waals surface area contributed by atoms with Gasteiger partial charge in [0.15, 0.2) is 5.96 Å². The van der Waals surface area contributed by atoms with E-state index < -0.39 is 0 Å². The Hall–Kier alpha value is -1.56. The van der Waals surface area contributed by atoms with Gasteiger partial charge in [-0.25, -0.2) is 4.98 Å². The van der Waals surface area contributed by atoms with Crippen molar-refractivity contribution in [3.63, 3.8) is 0 Å². The van der Waals surface area contributed by atoms with Crippen molar-refractivity contribution in [3.8, 4) is 0 Å². The molecular weight excluding hydrogens is 288 g/mol. The topological polar surface area (TPSA) is 57.5 Å². The molecule has 1 aliphatic rings. The van der Waals surface area contributed by atoms with Gasteiger partial charge in [-0.15, -0.1) is 0 Å². The first-order valence-corrected chi connectivity index (χ1v) is 8.82. The van der Waals surface area contributed by atoms with Crippen LogP contribution in [0.5, 0.6) is 0 Å². The maximum absolute atomic E-state index is 4.45. The standard InChI is InChI=1S/C17H32N6/c1-5-22-9-6-7-15(22)11-20-17(18-4)21-12-16-19-8-10-23(16)13-14(2)3/h8,10,14-15H,5-7,9,11-13H2,1-4H3,(H2,18,20,21). The predicted octanol–water partition coefficient (Wildman–Crippen LogP) is 1.69. The molecule has 2 N–H and O–H groups in total. The van der Waals surface area contributed by atoms with Gasteiger partial charge < -0.3 is 15.2 Å². The summed E-state index contributed by atoms with van der Waals surface area (Å²) in [7, 11) is 1.82. The van der Waals surface area contributed by atoms with Gasteiger partial charge in [0.05, 0.1) is 6.54 Å². The lowest BCUT2D eigenvalue weighted by Gasteiger charge is -2.24. The number of nitrogens with zero attached hydrogens (tertiary/aromatic N) is 4. The number of imidazole rings is 1. The van der Waals surface area contributed by atoms with E-state index in [9.17, 15) is 0 Å². The monoisotopic (exact) mass is 320 g/mol. The van der Waals surface area contributed by atoms with Crippen LogP contribution < -0.4 is 10.6 Å². The van der Waals surface area contributed by atoms with Crippen molar-refractivity contribution >= 4 is 5.96 Å². The van der Waals surface area contributed by atoms with Crippen LogP contribution in [0.15, 0.2) is 17.4 Å². The highest BCUT2D eigenvalue weighted by molar-refractivity contribution is 5.79. The Kier molecular flexibility index (Phi) is 6.89. The molecule has 6 nitrogen and oxygen atoms in total. The number of aromatic nitrogens is 2. The second-order valence-corrected chi connectivity index (χ2v) is 6.62. The van der Waals surface area contributed by atoms with Gasteiger partial charge in [-0.05, 0) is 31.8 Å². The molecular formula is C17H32N6. The van der Waals surface area contributed by atoms with Gasteiger partial charge in [-0.3, -0.25) is 9.89 Å². The van der Waals surface area contributed by atoms with Gasteiger partial charge in [-0.2, -0.15) is 0 Å². The molecule has 0 aliphatic carbocycles. The number of hydrogen-bond acceptors (Lipinski definition) is 3. The van der Waals surface area contributed by atoms with Crippen molar-refractivity contribution in [2.45, 2.75) is 52.7 Å². The lowest BCUT2D eigenvalue weighted by Crippen LogP contribution is -2.44. The lowest BCUT2D eigenvalue weighted by atomic mass is 10.2. The van der Waals surface area contributed by atoms with Gasteiger partial charge in [0, 0.05) is 38.6 Å². The van der Waals surface area contributed by atoms with Gasteiger partial charge >= 0.3 is 0 Å². The zero-order valence-corrected chi connectivity index (χ0v) is 15.0. The normalized spacial score (nSPS) is 19.5. The second kappa shape index (κ2) is 8.91. The summed E-state index contributed by atoms with van der Waals surface area (Å²) in [6.45, 7) is 11.7. The van der Waals surface area contributed by atoms with E-state index in [2.05, 4.69) is 50.8 Å². The summed E-state index contributed by atoms with van der Waals surface area (Å²) in [4.78, 5) is 11.3. The minimum Gasteiger partial charge on any atom is -0.355 e. The van der Waals surface area contributed by atoms with Gasteiger partial charge in [0.25, 0.3) is 0 Å². The molecule has 1 aliphatic heterocycles. The van der Waals surface area contributed by atoms with Crippen LogP contribution in [0.2, 0.25) is 0 Å². The van der Waals surface area contributed by atoms with E-state index in [0.717, 1.165) is 31.4 Å². The summed E-state index contributed by atoms with van der Waals surface area (Å²) in [6, 6.07) is 0.626. The van der Waals surface area contributed by atoms with Crippen molar-refractivity contribution in [3.05, 3.63) is 18.2 Å². The van der Waals surface area contributed by atoms with Gasteiger partial charge in [0.1, 0.15) is 5.82 Å². The molecule has 0 amide bonds. The predicted molar refractivity (Wildman–Crippen MR) is 95.5 cm³/mol. The number of likely N-dealkylation sites (N-methyl/N-ethyl adjacent to an activating group) is 1. The van der Waals surface area contributed by atoms with E-state index in [1.165, 1.54) is 19.4 Å². The van der Waals surface area contributed by atoms with Crippen LogP contribution in [-0.4, -0.2) is 53.1 Å². The lowest BCUT2D eigenvalue weighted by molar-refractivity contribution is 0.267. The first kappa shape index (κ1) is 17.8. The summed E-state index contributed by atoms with van der Waals surface area (Å²) in [5.74, 6) is 2.52. The zero-order chi connectivity index (χ0) is 16.7. The number of hydrogen-bond donors (Lipinski definition) is 2. The summed E-state index contributed by atoms with van der Waals surface area (Å²) in [6.07, 6.45) is 6.49. The highest BCUT2D eigenvalue weighted by Gasteiger charge is 2.22. The van der Waals surface area contributed by atoms with E-state index >= 15 is 0 Å². The maximum atomic E-state index is 4.45. The summed E-state index contributed by atoms with van der Waals surface area (Å²) in [5.41, 5.74) is 0. The van der Waals surface area contributed by atoms with Crippen molar-refractivity contribution < 1.29 is 0 Å². The van der Waals surface area contributed by atoms with E-state index in [-0.39, 0.29) is 0 Å². The molecule has 1 atom stereocenters. The average molecular weight is 320 g/mol. The first-order chi connectivity index (χ1) is 11.1. The van der Waals surface area contributed by atoms with Gasteiger partial charge in [0.2, 0.25) is 0 Å². The molecule has 2 rings (SSSR count). The highest BCUT2D eigenvalue weighted by atomic mass is 15.2. The van der Waals surface area contributed by atoms with Crippen molar-refractivity contribution in [2.75, 3.05) is 26.7 Å². The van der Waals surface area contributed by atoms with Crippen molar-refractivity contribution in [1.82, 2.24) is 25.1 Å². The van der Waals surface area contributed by atoms with Crippen LogP contribution in [-0.2, 0) is 13.1 Å².